The number of aromatic nitrogens is 5. The van der Waals surface area contributed by atoms with Crippen molar-refractivity contribution in [2.75, 3.05) is 5.32 Å². The lowest BCUT2D eigenvalue weighted by Gasteiger charge is -2.12. The molecule has 8 heteroatoms. The molecule has 0 aliphatic rings. The Morgan fingerprint density at radius 3 is 2.55 bits per heavy atom. The van der Waals surface area contributed by atoms with Gasteiger partial charge in [-0.2, -0.15) is 0 Å². The summed E-state index contributed by atoms with van der Waals surface area (Å²) in [6.07, 6.45) is 0. The molecule has 2 aromatic rings. The molecular weight excluding hydrogens is 280 g/mol. The Labute approximate surface area is 121 Å². The van der Waals surface area contributed by atoms with Gasteiger partial charge < -0.3 is 0 Å². The van der Waals surface area contributed by atoms with Crippen molar-refractivity contribution < 1.29 is 4.79 Å². The van der Waals surface area contributed by atoms with Crippen LogP contribution < -0.4 is 5.32 Å². The molecule has 7 nitrogen and oxygen atoms in total. The predicted molar refractivity (Wildman–Crippen MR) is 74.8 cm³/mol. The second-order valence-corrected chi connectivity index (χ2v) is 5.75. The number of nitrogens with zero attached hydrogens (tertiary/aromatic N) is 4. The van der Waals surface area contributed by atoms with Gasteiger partial charge in [0.2, 0.25) is 11.8 Å². The third-order valence-corrected chi connectivity index (χ3v) is 2.64. The fourth-order valence-corrected chi connectivity index (χ4v) is 1.68. The normalized spacial score (nSPS) is 11.4. The largest absolute Gasteiger partial charge is 0.297 e. The Morgan fingerprint density at radius 1 is 1.30 bits per heavy atom. The SMILES string of the molecule is Cc1cc(Cl)nc(NC(=O)c2n[nH]c(C(C)(C)C)n2)n1. The van der Waals surface area contributed by atoms with E-state index in [1.165, 1.54) is 0 Å². The molecule has 0 aliphatic heterocycles. The number of nitrogens with one attached hydrogen (secondary N) is 2. The molecule has 0 radical (unpaired) electrons. The Kier molecular flexibility index (Phi) is 3.71. The van der Waals surface area contributed by atoms with Crippen LogP contribution in [0, 0.1) is 6.92 Å². The minimum Gasteiger partial charge on any atom is -0.288 e. The van der Waals surface area contributed by atoms with Gasteiger partial charge in [0.1, 0.15) is 11.0 Å². The summed E-state index contributed by atoms with van der Waals surface area (Å²) in [4.78, 5) is 24.1. The first-order chi connectivity index (χ1) is 9.25. The molecule has 2 N–H and O–H groups in total. The van der Waals surface area contributed by atoms with Crippen LogP contribution in [0.1, 0.15) is 42.9 Å². The van der Waals surface area contributed by atoms with Crippen molar-refractivity contribution >= 4 is 23.5 Å². The molecule has 2 heterocycles. The highest BCUT2D eigenvalue weighted by atomic mass is 35.5. The number of aryl methyl sites for hydroxylation is 1. The lowest BCUT2D eigenvalue weighted by Crippen LogP contribution is -2.17. The highest BCUT2D eigenvalue weighted by Gasteiger charge is 2.21. The number of halogens is 1. The number of carbonyl (C=O) groups is 1. The number of anilines is 1. The predicted octanol–water partition coefficient (Wildman–Crippen LogP) is 2.11. The van der Waals surface area contributed by atoms with Gasteiger partial charge >= 0.3 is 0 Å². The Bertz CT molecular complexity index is 625. The summed E-state index contributed by atoms with van der Waals surface area (Å²) in [5.74, 6) is 0.308. The molecule has 20 heavy (non-hydrogen) atoms. The van der Waals surface area contributed by atoms with Crippen molar-refractivity contribution in [3.05, 3.63) is 28.6 Å². The van der Waals surface area contributed by atoms with E-state index in [0.29, 0.717) is 11.5 Å². The highest BCUT2D eigenvalue weighted by molar-refractivity contribution is 6.29. The van der Waals surface area contributed by atoms with Crippen LogP contribution in [-0.4, -0.2) is 31.1 Å². The summed E-state index contributed by atoms with van der Waals surface area (Å²) in [6.45, 7) is 7.67. The van der Waals surface area contributed by atoms with Gasteiger partial charge in [0.05, 0.1) is 0 Å². The van der Waals surface area contributed by atoms with Crippen LogP contribution in [0.5, 0.6) is 0 Å². The van der Waals surface area contributed by atoms with Crippen molar-refractivity contribution in [1.82, 2.24) is 25.1 Å². The van der Waals surface area contributed by atoms with E-state index in [0.717, 1.165) is 0 Å². The molecule has 2 rings (SSSR count). The summed E-state index contributed by atoms with van der Waals surface area (Å²) in [6, 6.07) is 1.60. The third kappa shape index (κ3) is 3.30. The number of aromatic amines is 1. The van der Waals surface area contributed by atoms with Crippen LogP contribution in [0.15, 0.2) is 6.07 Å². The fraction of sp³-hybridized carbons (Fsp3) is 0.417. The van der Waals surface area contributed by atoms with Gasteiger partial charge in [-0.3, -0.25) is 15.2 Å². The molecular formula is C12H15ClN6O. The van der Waals surface area contributed by atoms with E-state index < -0.39 is 5.91 Å². The fourth-order valence-electron chi connectivity index (χ4n) is 1.44. The maximum absolute atomic E-state index is 12.0. The van der Waals surface area contributed by atoms with E-state index in [1.54, 1.807) is 13.0 Å². The summed E-state index contributed by atoms with van der Waals surface area (Å²) in [5, 5.41) is 9.41. The van der Waals surface area contributed by atoms with Gasteiger partial charge in [0.15, 0.2) is 0 Å². The average molecular weight is 295 g/mol. The van der Waals surface area contributed by atoms with E-state index in [4.69, 9.17) is 11.6 Å². The Balaban J connectivity index is 2.18. The summed E-state index contributed by atoms with van der Waals surface area (Å²) in [7, 11) is 0. The zero-order valence-corrected chi connectivity index (χ0v) is 12.4. The van der Waals surface area contributed by atoms with Gasteiger partial charge in [0, 0.05) is 11.1 Å². The first-order valence-electron chi connectivity index (χ1n) is 6.01. The van der Waals surface area contributed by atoms with E-state index in [2.05, 4.69) is 30.5 Å². The number of hydrogen-bond acceptors (Lipinski definition) is 5. The summed E-state index contributed by atoms with van der Waals surface area (Å²) >= 11 is 5.80. The molecule has 0 aliphatic carbocycles. The minimum absolute atomic E-state index is 0.0381. The minimum atomic E-state index is -0.488. The van der Waals surface area contributed by atoms with E-state index in [9.17, 15) is 4.79 Å². The molecule has 2 aromatic heterocycles. The quantitative estimate of drug-likeness (QED) is 0.827. The summed E-state index contributed by atoms with van der Waals surface area (Å²) < 4.78 is 0. The van der Waals surface area contributed by atoms with Crippen LogP contribution in [0.4, 0.5) is 5.95 Å². The average Bonchev–Trinajstić information content (AvgIpc) is 2.75. The highest BCUT2D eigenvalue weighted by Crippen LogP contribution is 2.17. The molecule has 0 fully saturated rings. The topological polar surface area (TPSA) is 96.5 Å². The molecule has 0 aromatic carbocycles. The summed E-state index contributed by atoms with van der Waals surface area (Å²) in [5.41, 5.74) is 0.444. The smallest absolute Gasteiger partial charge is 0.288 e. The Hall–Kier alpha value is -2.02. The first kappa shape index (κ1) is 14.4. The van der Waals surface area contributed by atoms with Crippen LogP contribution in [0.25, 0.3) is 0 Å². The van der Waals surface area contributed by atoms with E-state index in [-0.39, 0.29) is 22.3 Å². The number of amides is 1. The molecule has 0 atom stereocenters. The van der Waals surface area contributed by atoms with Crippen molar-refractivity contribution in [2.24, 2.45) is 0 Å². The van der Waals surface area contributed by atoms with Crippen LogP contribution in [0.2, 0.25) is 5.15 Å². The zero-order chi connectivity index (χ0) is 14.9. The monoisotopic (exact) mass is 294 g/mol. The lowest BCUT2D eigenvalue weighted by atomic mass is 9.96. The number of H-pyrrole nitrogens is 1. The molecule has 0 saturated heterocycles. The van der Waals surface area contributed by atoms with Crippen molar-refractivity contribution in [3.63, 3.8) is 0 Å². The molecule has 0 spiro atoms. The van der Waals surface area contributed by atoms with E-state index >= 15 is 0 Å². The van der Waals surface area contributed by atoms with Crippen LogP contribution in [0.3, 0.4) is 0 Å². The van der Waals surface area contributed by atoms with Gasteiger partial charge in [-0.25, -0.2) is 15.0 Å². The molecule has 0 saturated carbocycles. The van der Waals surface area contributed by atoms with Gasteiger partial charge in [0.25, 0.3) is 5.91 Å². The van der Waals surface area contributed by atoms with Gasteiger partial charge in [-0.1, -0.05) is 32.4 Å². The standard InChI is InChI=1S/C12H15ClN6O/c1-6-5-7(13)15-11(14-6)17-9(20)8-16-10(19-18-8)12(2,3)4/h5H,1-4H3,(H,16,18,19)(H,14,15,17,20). The zero-order valence-electron chi connectivity index (χ0n) is 11.7. The maximum atomic E-state index is 12.0. The second-order valence-electron chi connectivity index (χ2n) is 5.37. The van der Waals surface area contributed by atoms with Gasteiger partial charge in [-0.05, 0) is 13.0 Å². The Morgan fingerprint density at radius 2 is 2.00 bits per heavy atom. The van der Waals surface area contributed by atoms with Crippen LogP contribution >= 0.6 is 11.6 Å². The molecule has 1 amide bonds. The first-order valence-corrected chi connectivity index (χ1v) is 6.39. The molecule has 0 bridgehead atoms. The third-order valence-electron chi connectivity index (χ3n) is 2.45. The number of carbonyl (C=O) groups excluding carboxylic acids is 1. The van der Waals surface area contributed by atoms with Crippen molar-refractivity contribution in [3.8, 4) is 0 Å². The van der Waals surface area contributed by atoms with Crippen molar-refractivity contribution in [2.45, 2.75) is 33.1 Å². The van der Waals surface area contributed by atoms with Crippen LogP contribution in [-0.2, 0) is 5.41 Å². The van der Waals surface area contributed by atoms with Crippen molar-refractivity contribution in [1.29, 1.82) is 0 Å². The molecule has 0 unspecified atom stereocenters. The van der Waals surface area contributed by atoms with Gasteiger partial charge in [-0.15, -0.1) is 5.10 Å². The second kappa shape index (κ2) is 5.16. The number of hydrogen-bond donors (Lipinski definition) is 2. The van der Waals surface area contributed by atoms with E-state index in [1.807, 2.05) is 20.8 Å². The molecule has 106 valence electrons. The lowest BCUT2D eigenvalue weighted by molar-refractivity contribution is 0.101. The number of rotatable bonds is 2. The maximum Gasteiger partial charge on any atom is 0.297 e.